The lowest BCUT2D eigenvalue weighted by molar-refractivity contribution is 0.0957. The van der Waals surface area contributed by atoms with Crippen LogP contribution in [0, 0.1) is 0 Å². The van der Waals surface area contributed by atoms with Crippen LogP contribution in [0.2, 0.25) is 5.15 Å². The second-order valence-electron chi connectivity index (χ2n) is 3.94. The number of carbonyl (C=O) groups is 1. The van der Waals surface area contributed by atoms with Crippen LogP contribution in [0.4, 0.5) is 0 Å². The molecule has 0 saturated carbocycles. The van der Waals surface area contributed by atoms with Crippen molar-refractivity contribution in [3.8, 4) is 5.82 Å². The third-order valence-electron chi connectivity index (χ3n) is 2.64. The van der Waals surface area contributed by atoms with Gasteiger partial charge in [-0.25, -0.2) is 14.6 Å². The smallest absolute Gasteiger partial charge is 0.271 e. The van der Waals surface area contributed by atoms with Gasteiger partial charge in [0.15, 0.2) is 11.5 Å². The average molecular weight is 280 g/mol. The highest BCUT2D eigenvalue weighted by atomic mass is 35.5. The molecular formula is C12H14ClN5O. The zero-order chi connectivity index (χ0) is 13.8. The summed E-state index contributed by atoms with van der Waals surface area (Å²) in [6.45, 7) is 2.05. The molecule has 0 aliphatic carbocycles. The van der Waals surface area contributed by atoms with Gasteiger partial charge in [0.05, 0.1) is 0 Å². The number of aromatic nitrogens is 4. The largest absolute Gasteiger partial charge is 0.354 e. The fraction of sp³-hybridized carbons (Fsp3) is 0.333. The van der Waals surface area contributed by atoms with Crippen molar-refractivity contribution < 1.29 is 4.79 Å². The lowest BCUT2D eigenvalue weighted by Crippen LogP contribution is -2.18. The molecule has 2 aromatic rings. The van der Waals surface area contributed by atoms with E-state index in [1.807, 2.05) is 6.92 Å². The summed E-state index contributed by atoms with van der Waals surface area (Å²) >= 11 is 6.08. The molecule has 0 unspecified atom stereocenters. The van der Waals surface area contributed by atoms with Gasteiger partial charge in [0.2, 0.25) is 0 Å². The van der Waals surface area contributed by atoms with Crippen LogP contribution in [0.15, 0.2) is 18.6 Å². The van der Waals surface area contributed by atoms with Gasteiger partial charge in [0, 0.05) is 18.8 Å². The molecule has 0 aliphatic heterocycles. The average Bonchev–Trinajstić information content (AvgIpc) is 2.90. The summed E-state index contributed by atoms with van der Waals surface area (Å²) in [6.07, 6.45) is 4.74. The number of rotatable bonds is 4. The van der Waals surface area contributed by atoms with Crippen molar-refractivity contribution >= 4 is 17.5 Å². The van der Waals surface area contributed by atoms with E-state index >= 15 is 0 Å². The molecule has 0 radical (unpaired) electrons. The quantitative estimate of drug-likeness (QED) is 0.864. The van der Waals surface area contributed by atoms with E-state index in [4.69, 9.17) is 11.6 Å². The Bertz CT molecular complexity index is 596. The Morgan fingerprint density at radius 3 is 2.95 bits per heavy atom. The molecule has 7 heteroatoms. The van der Waals surface area contributed by atoms with Gasteiger partial charge in [-0.05, 0) is 12.5 Å². The Hall–Kier alpha value is -1.95. The van der Waals surface area contributed by atoms with Gasteiger partial charge in [-0.3, -0.25) is 4.79 Å². The first-order valence-electron chi connectivity index (χ1n) is 5.94. The summed E-state index contributed by atoms with van der Waals surface area (Å²) in [4.78, 5) is 19.7. The number of halogens is 1. The zero-order valence-corrected chi connectivity index (χ0v) is 11.5. The van der Waals surface area contributed by atoms with E-state index in [1.165, 1.54) is 6.33 Å². The third-order valence-corrected chi connectivity index (χ3v) is 2.96. The van der Waals surface area contributed by atoms with Crippen molar-refractivity contribution in [3.05, 3.63) is 35.0 Å². The normalized spacial score (nSPS) is 10.5. The van der Waals surface area contributed by atoms with E-state index in [-0.39, 0.29) is 5.91 Å². The Labute approximate surface area is 115 Å². The summed E-state index contributed by atoms with van der Waals surface area (Å²) in [5.74, 6) is 0.368. The highest BCUT2D eigenvalue weighted by molar-refractivity contribution is 6.30. The van der Waals surface area contributed by atoms with E-state index in [9.17, 15) is 4.79 Å². The Kier molecular flexibility index (Phi) is 4.11. The fourth-order valence-electron chi connectivity index (χ4n) is 1.74. The summed E-state index contributed by atoms with van der Waals surface area (Å²) in [5, 5.41) is 7.13. The topological polar surface area (TPSA) is 72.7 Å². The van der Waals surface area contributed by atoms with Gasteiger partial charge in [-0.2, -0.15) is 5.10 Å². The van der Waals surface area contributed by atoms with Gasteiger partial charge in [0.1, 0.15) is 11.5 Å². The second-order valence-corrected chi connectivity index (χ2v) is 4.30. The maximum Gasteiger partial charge on any atom is 0.271 e. The summed E-state index contributed by atoms with van der Waals surface area (Å²) in [7, 11) is 1.56. The maximum atomic E-state index is 11.5. The lowest BCUT2D eigenvalue weighted by Gasteiger charge is -2.08. The molecule has 6 nitrogen and oxygen atoms in total. The molecule has 0 saturated heterocycles. The van der Waals surface area contributed by atoms with Crippen LogP contribution in [0.3, 0.4) is 0 Å². The standard InChI is InChI=1S/C12H14ClN5O/c1-3-4-8-10(13)15-7-16-11(8)18-6-5-9(17-18)12(19)14-2/h5-7H,3-4H2,1-2H3,(H,14,19). The predicted molar refractivity (Wildman–Crippen MR) is 71.5 cm³/mol. The molecule has 0 spiro atoms. The van der Waals surface area contributed by atoms with Gasteiger partial charge < -0.3 is 5.32 Å². The minimum Gasteiger partial charge on any atom is -0.354 e. The number of nitrogens with one attached hydrogen (secondary N) is 1. The maximum absolute atomic E-state index is 11.5. The van der Waals surface area contributed by atoms with Gasteiger partial charge in [-0.15, -0.1) is 0 Å². The number of hydrogen-bond acceptors (Lipinski definition) is 4. The van der Waals surface area contributed by atoms with Crippen molar-refractivity contribution in [2.24, 2.45) is 0 Å². The SMILES string of the molecule is CCCc1c(Cl)ncnc1-n1ccc(C(=O)NC)n1. The monoisotopic (exact) mass is 279 g/mol. The Balaban J connectivity index is 2.44. The Morgan fingerprint density at radius 1 is 1.47 bits per heavy atom. The highest BCUT2D eigenvalue weighted by Gasteiger charge is 2.14. The lowest BCUT2D eigenvalue weighted by atomic mass is 10.2. The molecule has 19 heavy (non-hydrogen) atoms. The second kappa shape index (κ2) is 5.79. The first kappa shape index (κ1) is 13.5. The first-order valence-corrected chi connectivity index (χ1v) is 6.32. The zero-order valence-electron chi connectivity index (χ0n) is 10.7. The van der Waals surface area contributed by atoms with E-state index in [1.54, 1.807) is 24.0 Å². The molecule has 0 atom stereocenters. The van der Waals surface area contributed by atoms with E-state index in [0.29, 0.717) is 16.7 Å². The minimum absolute atomic E-state index is 0.240. The predicted octanol–water partition coefficient (Wildman–Crippen LogP) is 1.63. The van der Waals surface area contributed by atoms with Crippen molar-refractivity contribution in [2.45, 2.75) is 19.8 Å². The van der Waals surface area contributed by atoms with E-state index in [2.05, 4.69) is 20.4 Å². The van der Waals surface area contributed by atoms with Gasteiger partial charge in [-0.1, -0.05) is 24.9 Å². The molecule has 0 aliphatic rings. The van der Waals surface area contributed by atoms with Gasteiger partial charge in [0.25, 0.3) is 5.91 Å². The molecule has 1 amide bonds. The molecule has 0 bridgehead atoms. The summed E-state index contributed by atoms with van der Waals surface area (Å²) in [6, 6.07) is 1.63. The van der Waals surface area contributed by atoms with Crippen LogP contribution in [-0.4, -0.2) is 32.7 Å². The van der Waals surface area contributed by atoms with Crippen molar-refractivity contribution in [2.75, 3.05) is 7.05 Å². The van der Waals surface area contributed by atoms with Crippen LogP contribution in [0.1, 0.15) is 29.4 Å². The summed E-state index contributed by atoms with van der Waals surface area (Å²) in [5.41, 5.74) is 1.16. The molecule has 2 rings (SSSR count). The minimum atomic E-state index is -0.240. The fourth-order valence-corrected chi connectivity index (χ4v) is 1.96. The van der Waals surface area contributed by atoms with Crippen molar-refractivity contribution in [3.63, 3.8) is 0 Å². The van der Waals surface area contributed by atoms with Crippen LogP contribution in [0.25, 0.3) is 5.82 Å². The molecule has 2 heterocycles. The summed E-state index contributed by atoms with van der Waals surface area (Å²) < 4.78 is 1.54. The number of amides is 1. The van der Waals surface area contributed by atoms with E-state index in [0.717, 1.165) is 18.4 Å². The molecule has 0 aromatic carbocycles. The first-order chi connectivity index (χ1) is 9.17. The van der Waals surface area contributed by atoms with Crippen molar-refractivity contribution in [1.29, 1.82) is 0 Å². The van der Waals surface area contributed by atoms with Gasteiger partial charge >= 0.3 is 0 Å². The van der Waals surface area contributed by atoms with Crippen molar-refractivity contribution in [1.82, 2.24) is 25.1 Å². The highest BCUT2D eigenvalue weighted by Crippen LogP contribution is 2.20. The van der Waals surface area contributed by atoms with Crippen LogP contribution in [0.5, 0.6) is 0 Å². The molecule has 100 valence electrons. The number of hydrogen-bond donors (Lipinski definition) is 1. The van der Waals surface area contributed by atoms with Crippen LogP contribution >= 0.6 is 11.6 Å². The number of nitrogens with zero attached hydrogens (tertiary/aromatic N) is 4. The molecule has 1 N–H and O–H groups in total. The molecular weight excluding hydrogens is 266 g/mol. The number of carbonyl (C=O) groups excluding carboxylic acids is 1. The van der Waals surface area contributed by atoms with Crippen LogP contribution in [-0.2, 0) is 6.42 Å². The molecule has 0 fully saturated rings. The molecule has 2 aromatic heterocycles. The Morgan fingerprint density at radius 2 is 2.26 bits per heavy atom. The van der Waals surface area contributed by atoms with Crippen LogP contribution < -0.4 is 5.32 Å². The third kappa shape index (κ3) is 2.73. The van der Waals surface area contributed by atoms with E-state index < -0.39 is 0 Å².